The minimum Gasteiger partial charge on any atom is -0.379 e. The number of aliphatic imine (C=N–C) groups is 1. The molecule has 0 amide bonds. The molecule has 2 saturated heterocycles. The van der Waals surface area contributed by atoms with Crippen molar-refractivity contribution in [1.82, 2.24) is 15.1 Å². The highest BCUT2D eigenvalue weighted by atomic mass is 32.1. The Morgan fingerprint density at radius 2 is 2.27 bits per heavy atom. The van der Waals surface area contributed by atoms with Crippen LogP contribution >= 0.6 is 11.3 Å². The summed E-state index contributed by atoms with van der Waals surface area (Å²) in [5.41, 5.74) is 0. The van der Waals surface area contributed by atoms with Gasteiger partial charge in [-0.15, -0.1) is 11.3 Å². The first-order valence-corrected chi connectivity index (χ1v) is 9.04. The van der Waals surface area contributed by atoms with E-state index in [1.54, 1.807) is 0 Å². The van der Waals surface area contributed by atoms with Gasteiger partial charge in [-0.25, -0.2) is 0 Å². The molecule has 0 aromatic carbocycles. The van der Waals surface area contributed by atoms with E-state index in [1.807, 2.05) is 18.4 Å². The summed E-state index contributed by atoms with van der Waals surface area (Å²) in [6.45, 7) is 7.03. The summed E-state index contributed by atoms with van der Waals surface area (Å²) in [7, 11) is 1.88. The van der Waals surface area contributed by atoms with Crippen molar-refractivity contribution in [1.29, 1.82) is 0 Å². The van der Waals surface area contributed by atoms with E-state index in [-0.39, 0.29) is 0 Å². The largest absolute Gasteiger partial charge is 0.379 e. The molecular formula is C16H26N4OS. The number of nitrogens with zero attached hydrogens (tertiary/aromatic N) is 3. The fourth-order valence-electron chi connectivity index (χ4n) is 3.26. The second kappa shape index (κ2) is 7.94. The molecule has 0 bridgehead atoms. The van der Waals surface area contributed by atoms with E-state index in [1.165, 1.54) is 11.3 Å². The van der Waals surface area contributed by atoms with Crippen LogP contribution in [0.3, 0.4) is 0 Å². The van der Waals surface area contributed by atoms with Gasteiger partial charge >= 0.3 is 0 Å². The van der Waals surface area contributed by atoms with Gasteiger partial charge in [0.05, 0.1) is 13.2 Å². The monoisotopic (exact) mass is 322 g/mol. The van der Waals surface area contributed by atoms with Crippen LogP contribution in [0.15, 0.2) is 22.5 Å². The van der Waals surface area contributed by atoms with Gasteiger partial charge in [0, 0.05) is 50.7 Å². The van der Waals surface area contributed by atoms with E-state index < -0.39 is 0 Å². The van der Waals surface area contributed by atoms with Crippen LogP contribution < -0.4 is 5.32 Å². The smallest absolute Gasteiger partial charge is 0.193 e. The van der Waals surface area contributed by atoms with Gasteiger partial charge in [0.2, 0.25) is 0 Å². The van der Waals surface area contributed by atoms with Crippen molar-refractivity contribution >= 4 is 17.3 Å². The molecule has 3 rings (SSSR count). The molecule has 0 aliphatic carbocycles. The third-order valence-electron chi connectivity index (χ3n) is 4.47. The molecule has 2 aliphatic heterocycles. The SMILES string of the molecule is CN=C(NCCc1cccs1)N1CCC(N2CCOCC2)C1. The first-order chi connectivity index (χ1) is 10.9. The highest BCUT2D eigenvalue weighted by Crippen LogP contribution is 2.17. The molecule has 0 radical (unpaired) electrons. The molecule has 122 valence electrons. The van der Waals surface area contributed by atoms with Crippen LogP contribution in [-0.4, -0.2) is 74.8 Å². The zero-order valence-corrected chi connectivity index (χ0v) is 14.1. The van der Waals surface area contributed by atoms with E-state index in [2.05, 4.69) is 37.6 Å². The number of thiophene rings is 1. The number of rotatable bonds is 4. The summed E-state index contributed by atoms with van der Waals surface area (Å²) >= 11 is 1.82. The number of ether oxygens (including phenoxy) is 1. The lowest BCUT2D eigenvalue weighted by molar-refractivity contribution is 0.0195. The lowest BCUT2D eigenvalue weighted by Gasteiger charge is -2.32. The molecule has 1 aromatic rings. The van der Waals surface area contributed by atoms with Crippen molar-refractivity contribution in [2.45, 2.75) is 18.9 Å². The number of hydrogen-bond acceptors (Lipinski definition) is 4. The maximum Gasteiger partial charge on any atom is 0.193 e. The van der Waals surface area contributed by atoms with Crippen molar-refractivity contribution in [3.05, 3.63) is 22.4 Å². The Morgan fingerprint density at radius 3 is 3.00 bits per heavy atom. The molecule has 0 spiro atoms. The van der Waals surface area contributed by atoms with Gasteiger partial charge in [-0.3, -0.25) is 9.89 Å². The standard InChI is InChI=1S/C16H26N4OS/c1-17-16(18-6-4-15-3-2-12-22-15)20-7-5-14(13-20)19-8-10-21-11-9-19/h2-3,12,14H,4-11,13H2,1H3,(H,17,18). The van der Waals surface area contributed by atoms with E-state index in [0.29, 0.717) is 6.04 Å². The number of morpholine rings is 1. The van der Waals surface area contributed by atoms with Gasteiger partial charge in [0.15, 0.2) is 5.96 Å². The summed E-state index contributed by atoms with van der Waals surface area (Å²) in [5.74, 6) is 1.05. The Labute approximate surface area is 137 Å². The Kier molecular flexibility index (Phi) is 5.70. The summed E-state index contributed by atoms with van der Waals surface area (Å²) < 4.78 is 5.45. The Bertz CT molecular complexity index is 471. The Balaban J connectivity index is 1.45. The van der Waals surface area contributed by atoms with Crippen molar-refractivity contribution < 1.29 is 4.74 Å². The van der Waals surface area contributed by atoms with E-state index in [0.717, 1.165) is 58.3 Å². The van der Waals surface area contributed by atoms with Crippen LogP contribution in [0, 0.1) is 0 Å². The van der Waals surface area contributed by atoms with Gasteiger partial charge in [-0.2, -0.15) is 0 Å². The lowest BCUT2D eigenvalue weighted by atomic mass is 10.2. The molecule has 1 unspecified atom stereocenters. The van der Waals surface area contributed by atoms with Gasteiger partial charge < -0.3 is 15.0 Å². The topological polar surface area (TPSA) is 40.1 Å². The second-order valence-electron chi connectivity index (χ2n) is 5.84. The first kappa shape index (κ1) is 15.8. The minimum atomic E-state index is 0.653. The van der Waals surface area contributed by atoms with Crippen LogP contribution in [0.25, 0.3) is 0 Å². The molecule has 0 saturated carbocycles. The molecule has 2 fully saturated rings. The average molecular weight is 322 g/mol. The Hall–Kier alpha value is -1.11. The van der Waals surface area contributed by atoms with Crippen molar-refractivity contribution in [2.24, 2.45) is 4.99 Å². The first-order valence-electron chi connectivity index (χ1n) is 8.16. The fraction of sp³-hybridized carbons (Fsp3) is 0.688. The third kappa shape index (κ3) is 4.00. The van der Waals surface area contributed by atoms with Crippen LogP contribution in [0.2, 0.25) is 0 Å². The fourth-order valence-corrected chi connectivity index (χ4v) is 3.97. The predicted octanol–water partition coefficient (Wildman–Crippen LogP) is 1.27. The number of likely N-dealkylation sites (tertiary alicyclic amines) is 1. The van der Waals surface area contributed by atoms with Gasteiger partial charge in [-0.05, 0) is 24.3 Å². The summed E-state index contributed by atoms with van der Waals surface area (Å²) in [6, 6.07) is 4.96. The molecule has 1 N–H and O–H groups in total. The van der Waals surface area contributed by atoms with Crippen molar-refractivity contribution in [3.8, 4) is 0 Å². The normalized spacial score (nSPS) is 24.0. The highest BCUT2D eigenvalue weighted by Gasteiger charge is 2.30. The molecule has 3 heterocycles. The summed E-state index contributed by atoms with van der Waals surface area (Å²) in [4.78, 5) is 10.9. The van der Waals surface area contributed by atoms with Crippen LogP contribution in [0.5, 0.6) is 0 Å². The average Bonchev–Trinajstić information content (AvgIpc) is 3.24. The summed E-state index contributed by atoms with van der Waals surface area (Å²) in [6.07, 6.45) is 2.29. The van der Waals surface area contributed by atoms with Crippen molar-refractivity contribution in [3.63, 3.8) is 0 Å². The van der Waals surface area contributed by atoms with E-state index in [9.17, 15) is 0 Å². The number of guanidine groups is 1. The van der Waals surface area contributed by atoms with Crippen molar-refractivity contribution in [2.75, 3.05) is 53.0 Å². The predicted molar refractivity (Wildman–Crippen MR) is 91.8 cm³/mol. The van der Waals surface area contributed by atoms with Gasteiger partial charge in [0.1, 0.15) is 0 Å². The van der Waals surface area contributed by atoms with E-state index >= 15 is 0 Å². The van der Waals surface area contributed by atoms with Gasteiger partial charge in [0.25, 0.3) is 0 Å². The zero-order valence-electron chi connectivity index (χ0n) is 13.3. The third-order valence-corrected chi connectivity index (χ3v) is 5.41. The quantitative estimate of drug-likeness (QED) is 0.669. The van der Waals surface area contributed by atoms with E-state index in [4.69, 9.17) is 4.74 Å². The molecular weight excluding hydrogens is 296 g/mol. The Morgan fingerprint density at radius 1 is 1.41 bits per heavy atom. The van der Waals surface area contributed by atoms with Gasteiger partial charge in [-0.1, -0.05) is 6.07 Å². The molecule has 6 heteroatoms. The molecule has 2 aliphatic rings. The number of nitrogens with one attached hydrogen (secondary N) is 1. The molecule has 1 atom stereocenters. The summed E-state index contributed by atoms with van der Waals surface area (Å²) in [5, 5.41) is 5.65. The molecule has 22 heavy (non-hydrogen) atoms. The maximum atomic E-state index is 5.45. The maximum absolute atomic E-state index is 5.45. The highest BCUT2D eigenvalue weighted by molar-refractivity contribution is 7.09. The van der Waals surface area contributed by atoms with Crippen LogP contribution in [-0.2, 0) is 11.2 Å². The minimum absolute atomic E-state index is 0.653. The molecule has 5 nitrogen and oxygen atoms in total. The number of hydrogen-bond donors (Lipinski definition) is 1. The lowest BCUT2D eigenvalue weighted by Crippen LogP contribution is -2.46. The zero-order chi connectivity index (χ0) is 15.2. The van der Waals surface area contributed by atoms with Crippen LogP contribution in [0.4, 0.5) is 0 Å². The van der Waals surface area contributed by atoms with Crippen LogP contribution in [0.1, 0.15) is 11.3 Å². The molecule has 1 aromatic heterocycles. The second-order valence-corrected chi connectivity index (χ2v) is 6.87.